The molecule has 0 aliphatic heterocycles. The second-order valence-corrected chi connectivity index (χ2v) is 3.99. The van der Waals surface area contributed by atoms with E-state index in [0.29, 0.717) is 11.5 Å². The van der Waals surface area contributed by atoms with Crippen LogP contribution in [0.1, 0.15) is 30.0 Å². The van der Waals surface area contributed by atoms with E-state index in [1.54, 1.807) is 6.07 Å². The summed E-state index contributed by atoms with van der Waals surface area (Å²) in [5.74, 6) is 0.369. The van der Waals surface area contributed by atoms with E-state index < -0.39 is 11.7 Å². The van der Waals surface area contributed by atoms with Crippen LogP contribution in [0.4, 0.5) is 13.2 Å². The Kier molecular flexibility index (Phi) is 3.86. The van der Waals surface area contributed by atoms with Gasteiger partial charge in [0.15, 0.2) is 0 Å². The molecule has 1 nitrogen and oxygen atoms in total. The minimum atomic E-state index is -4.28. The zero-order chi connectivity index (χ0) is 11.1. The number of alkyl halides is 3. The first-order valence-electron chi connectivity index (χ1n) is 4.91. The highest BCUT2D eigenvalue weighted by Crippen LogP contribution is 2.40. The van der Waals surface area contributed by atoms with Crippen LogP contribution >= 0.6 is 12.4 Å². The summed E-state index contributed by atoms with van der Waals surface area (Å²) in [7, 11) is 0. The predicted molar refractivity (Wildman–Crippen MR) is 58.3 cm³/mol. The van der Waals surface area contributed by atoms with Gasteiger partial charge in [0.05, 0.1) is 5.56 Å². The van der Waals surface area contributed by atoms with Gasteiger partial charge in [-0.2, -0.15) is 13.2 Å². The average molecular weight is 252 g/mol. The normalized spacial score (nSPS) is 17.8. The van der Waals surface area contributed by atoms with E-state index in [9.17, 15) is 13.2 Å². The number of hydrogen-bond acceptors (Lipinski definition) is 1. The standard InChI is InChI=1S/C11H12F3N.ClH/c12-11(13,14)9-3-1-2-8(6-9)10(15)7-4-5-7;/h1-3,6-7,10H,4-5,15H2;1H. The van der Waals surface area contributed by atoms with E-state index in [2.05, 4.69) is 0 Å². The fourth-order valence-corrected chi connectivity index (χ4v) is 1.65. The molecule has 0 aromatic heterocycles. The minimum absolute atomic E-state index is 0. The molecule has 1 aromatic carbocycles. The molecule has 1 atom stereocenters. The van der Waals surface area contributed by atoms with Gasteiger partial charge in [0.2, 0.25) is 0 Å². The number of benzene rings is 1. The van der Waals surface area contributed by atoms with E-state index in [0.717, 1.165) is 25.0 Å². The highest BCUT2D eigenvalue weighted by atomic mass is 35.5. The third kappa shape index (κ3) is 2.89. The Balaban J connectivity index is 0.00000128. The molecule has 1 fully saturated rings. The smallest absolute Gasteiger partial charge is 0.324 e. The van der Waals surface area contributed by atoms with Crippen LogP contribution in [0.25, 0.3) is 0 Å². The topological polar surface area (TPSA) is 26.0 Å². The fourth-order valence-electron chi connectivity index (χ4n) is 1.65. The van der Waals surface area contributed by atoms with Gasteiger partial charge in [-0.3, -0.25) is 0 Å². The summed E-state index contributed by atoms with van der Waals surface area (Å²) in [6.07, 6.45) is -2.23. The third-order valence-electron chi connectivity index (χ3n) is 2.73. The van der Waals surface area contributed by atoms with Crippen LogP contribution < -0.4 is 5.73 Å². The van der Waals surface area contributed by atoms with Gasteiger partial charge in [0.25, 0.3) is 0 Å². The molecule has 0 saturated heterocycles. The quantitative estimate of drug-likeness (QED) is 0.855. The van der Waals surface area contributed by atoms with Gasteiger partial charge in [-0.05, 0) is 36.5 Å². The number of nitrogens with two attached hydrogens (primary N) is 1. The van der Waals surface area contributed by atoms with E-state index in [1.807, 2.05) is 0 Å². The van der Waals surface area contributed by atoms with E-state index >= 15 is 0 Å². The number of hydrogen-bond donors (Lipinski definition) is 1. The second kappa shape index (κ2) is 4.63. The maximum absolute atomic E-state index is 12.4. The molecule has 1 aromatic rings. The lowest BCUT2D eigenvalue weighted by atomic mass is 10.0. The summed E-state index contributed by atoms with van der Waals surface area (Å²) in [5, 5.41) is 0. The molecule has 0 bridgehead atoms. The van der Waals surface area contributed by atoms with Crippen molar-refractivity contribution in [2.75, 3.05) is 0 Å². The van der Waals surface area contributed by atoms with Gasteiger partial charge >= 0.3 is 6.18 Å². The van der Waals surface area contributed by atoms with Crippen LogP contribution in [0.2, 0.25) is 0 Å². The molecular weight excluding hydrogens is 239 g/mol. The van der Waals surface area contributed by atoms with Crippen molar-refractivity contribution in [3.05, 3.63) is 35.4 Å². The Labute approximate surface area is 98.2 Å². The van der Waals surface area contributed by atoms with Crippen LogP contribution in [-0.4, -0.2) is 0 Å². The molecule has 0 amide bonds. The molecule has 16 heavy (non-hydrogen) atoms. The van der Waals surface area contributed by atoms with E-state index in [4.69, 9.17) is 5.73 Å². The van der Waals surface area contributed by atoms with Crippen molar-refractivity contribution in [2.24, 2.45) is 11.7 Å². The van der Waals surface area contributed by atoms with Crippen molar-refractivity contribution in [1.82, 2.24) is 0 Å². The second-order valence-electron chi connectivity index (χ2n) is 3.99. The van der Waals surface area contributed by atoms with Gasteiger partial charge in [-0.1, -0.05) is 12.1 Å². The zero-order valence-electron chi connectivity index (χ0n) is 8.50. The van der Waals surface area contributed by atoms with Crippen LogP contribution in [-0.2, 0) is 6.18 Å². The first-order chi connectivity index (χ1) is 6.98. The van der Waals surface area contributed by atoms with Gasteiger partial charge in [0.1, 0.15) is 0 Å². The fraction of sp³-hybridized carbons (Fsp3) is 0.455. The molecule has 0 spiro atoms. The first kappa shape index (κ1) is 13.3. The van der Waals surface area contributed by atoms with E-state index in [1.165, 1.54) is 6.07 Å². The Bertz CT molecular complexity index is 360. The molecule has 1 aliphatic rings. The van der Waals surface area contributed by atoms with Gasteiger partial charge in [-0.25, -0.2) is 0 Å². The van der Waals surface area contributed by atoms with Crippen molar-refractivity contribution < 1.29 is 13.2 Å². The van der Waals surface area contributed by atoms with Crippen LogP contribution in [0, 0.1) is 5.92 Å². The van der Waals surface area contributed by atoms with Crippen LogP contribution in [0.3, 0.4) is 0 Å². The summed E-state index contributed by atoms with van der Waals surface area (Å²) in [4.78, 5) is 0. The lowest BCUT2D eigenvalue weighted by molar-refractivity contribution is -0.137. The maximum atomic E-state index is 12.4. The van der Waals surface area contributed by atoms with Gasteiger partial charge in [-0.15, -0.1) is 12.4 Å². The summed E-state index contributed by atoms with van der Waals surface area (Å²) >= 11 is 0. The molecule has 2 rings (SSSR count). The predicted octanol–water partition coefficient (Wildman–Crippen LogP) is 3.54. The van der Waals surface area contributed by atoms with Crippen molar-refractivity contribution >= 4 is 12.4 Å². The summed E-state index contributed by atoms with van der Waals surface area (Å²) < 4.78 is 37.2. The summed E-state index contributed by atoms with van der Waals surface area (Å²) in [6.45, 7) is 0. The van der Waals surface area contributed by atoms with Crippen LogP contribution in [0.5, 0.6) is 0 Å². The lowest BCUT2D eigenvalue weighted by Gasteiger charge is -2.13. The molecule has 0 heterocycles. The Morgan fingerprint density at radius 2 is 1.88 bits per heavy atom. The summed E-state index contributed by atoms with van der Waals surface area (Å²) in [6, 6.07) is 5.07. The van der Waals surface area contributed by atoms with Crippen LogP contribution in [0.15, 0.2) is 24.3 Å². The molecule has 1 saturated carbocycles. The molecule has 2 N–H and O–H groups in total. The molecule has 1 aliphatic carbocycles. The summed E-state index contributed by atoms with van der Waals surface area (Å²) in [5.41, 5.74) is 5.82. The minimum Gasteiger partial charge on any atom is -0.324 e. The molecule has 90 valence electrons. The van der Waals surface area contributed by atoms with Crippen molar-refractivity contribution in [3.63, 3.8) is 0 Å². The highest BCUT2D eigenvalue weighted by molar-refractivity contribution is 5.85. The zero-order valence-corrected chi connectivity index (χ0v) is 9.31. The van der Waals surface area contributed by atoms with E-state index in [-0.39, 0.29) is 18.4 Å². The molecule has 1 unspecified atom stereocenters. The van der Waals surface area contributed by atoms with Gasteiger partial charge in [0, 0.05) is 6.04 Å². The van der Waals surface area contributed by atoms with Crippen molar-refractivity contribution in [1.29, 1.82) is 0 Å². The van der Waals surface area contributed by atoms with Crippen molar-refractivity contribution in [2.45, 2.75) is 25.1 Å². The SMILES string of the molecule is Cl.NC(c1cccc(C(F)(F)F)c1)C1CC1. The third-order valence-corrected chi connectivity index (χ3v) is 2.73. The lowest BCUT2D eigenvalue weighted by Crippen LogP contribution is -2.14. The van der Waals surface area contributed by atoms with Gasteiger partial charge < -0.3 is 5.73 Å². The largest absolute Gasteiger partial charge is 0.416 e. The number of halogens is 4. The Morgan fingerprint density at radius 3 is 2.38 bits per heavy atom. The highest BCUT2D eigenvalue weighted by Gasteiger charge is 2.33. The maximum Gasteiger partial charge on any atom is 0.416 e. The number of rotatable bonds is 2. The monoisotopic (exact) mass is 251 g/mol. The Hall–Kier alpha value is -0.740. The molecule has 5 heteroatoms. The average Bonchev–Trinajstić information content (AvgIpc) is 2.99. The Morgan fingerprint density at radius 1 is 1.25 bits per heavy atom. The molecule has 0 radical (unpaired) electrons. The van der Waals surface area contributed by atoms with Crippen molar-refractivity contribution in [3.8, 4) is 0 Å². The first-order valence-corrected chi connectivity index (χ1v) is 4.91. The molecular formula is C11H13ClF3N.